The van der Waals surface area contributed by atoms with Crippen LogP contribution in [0.3, 0.4) is 0 Å². The molecule has 0 spiro atoms. The fourth-order valence-electron chi connectivity index (χ4n) is 4.00. The first kappa shape index (κ1) is 21.5. The molecule has 1 aliphatic carbocycles. The van der Waals surface area contributed by atoms with Crippen LogP contribution in [-0.4, -0.2) is 32.1 Å². The molecule has 1 aliphatic rings. The zero-order valence-corrected chi connectivity index (χ0v) is 18.6. The van der Waals surface area contributed by atoms with Crippen LogP contribution < -0.4 is 14.2 Å². The number of ether oxygens (including phenoxy) is 3. The molecule has 0 saturated carbocycles. The Morgan fingerprint density at radius 1 is 0.844 bits per heavy atom. The zero-order valence-electron chi connectivity index (χ0n) is 18.6. The number of hydrogen-bond acceptors (Lipinski definition) is 4. The number of nitrogens with zero attached hydrogens (tertiary/aromatic N) is 1. The normalized spacial score (nSPS) is 12.4. The Morgan fingerprint density at radius 2 is 1.59 bits per heavy atom. The fourth-order valence-corrected chi connectivity index (χ4v) is 4.00. The Morgan fingerprint density at radius 3 is 2.31 bits per heavy atom. The molecule has 0 heterocycles. The van der Waals surface area contributed by atoms with Crippen LogP contribution in [0, 0.1) is 0 Å². The van der Waals surface area contributed by atoms with Crippen molar-refractivity contribution < 1.29 is 19.0 Å². The minimum atomic E-state index is -0.0528. The Hall–Kier alpha value is -3.73. The van der Waals surface area contributed by atoms with Gasteiger partial charge in [-0.25, -0.2) is 0 Å². The maximum Gasteiger partial charge on any atom is 0.258 e. The van der Waals surface area contributed by atoms with Crippen molar-refractivity contribution in [3.05, 3.63) is 94.7 Å². The molecule has 3 aromatic rings. The Balaban J connectivity index is 1.74. The molecule has 0 fully saturated rings. The van der Waals surface area contributed by atoms with Gasteiger partial charge >= 0.3 is 0 Å². The Labute approximate surface area is 188 Å². The first-order valence-electron chi connectivity index (χ1n) is 10.6. The van der Waals surface area contributed by atoms with E-state index in [2.05, 4.69) is 6.08 Å². The summed E-state index contributed by atoms with van der Waals surface area (Å²) in [4.78, 5) is 15.5. The summed E-state index contributed by atoms with van der Waals surface area (Å²) in [5.74, 6) is 2.01. The maximum absolute atomic E-state index is 13.6. The van der Waals surface area contributed by atoms with Gasteiger partial charge in [-0.05, 0) is 65.9 Å². The number of benzene rings is 3. The van der Waals surface area contributed by atoms with Crippen molar-refractivity contribution in [1.29, 1.82) is 0 Å². The summed E-state index contributed by atoms with van der Waals surface area (Å²) in [5, 5.41) is 0. The van der Waals surface area contributed by atoms with E-state index in [0.29, 0.717) is 23.6 Å². The third kappa shape index (κ3) is 4.47. The van der Waals surface area contributed by atoms with E-state index in [-0.39, 0.29) is 5.91 Å². The average Bonchev–Trinajstić information content (AvgIpc) is 2.86. The molecule has 0 saturated heterocycles. The number of aryl methyl sites for hydroxylation is 1. The Bertz CT molecular complexity index is 1140. The van der Waals surface area contributed by atoms with Gasteiger partial charge < -0.3 is 19.1 Å². The van der Waals surface area contributed by atoms with Crippen molar-refractivity contribution in [3.8, 4) is 17.2 Å². The minimum Gasteiger partial charge on any atom is -0.497 e. The van der Waals surface area contributed by atoms with Gasteiger partial charge in [0.05, 0.1) is 27.9 Å². The van der Waals surface area contributed by atoms with Crippen LogP contribution in [0.5, 0.6) is 17.2 Å². The molecule has 0 unspecified atom stereocenters. The molecule has 0 bridgehead atoms. The first-order valence-corrected chi connectivity index (χ1v) is 10.6. The van der Waals surface area contributed by atoms with Crippen molar-refractivity contribution >= 4 is 12.0 Å². The van der Waals surface area contributed by atoms with Gasteiger partial charge in [-0.1, -0.05) is 36.4 Å². The smallest absolute Gasteiger partial charge is 0.258 e. The van der Waals surface area contributed by atoms with Gasteiger partial charge in [0.2, 0.25) is 0 Å². The van der Waals surface area contributed by atoms with Crippen LogP contribution in [0.15, 0.2) is 72.4 Å². The van der Waals surface area contributed by atoms with E-state index in [1.54, 1.807) is 27.4 Å². The predicted octanol–water partition coefficient (Wildman–Crippen LogP) is 5.34. The number of fused-ring (bicyclic) bond motifs is 1. The van der Waals surface area contributed by atoms with E-state index in [1.165, 1.54) is 5.56 Å². The van der Waals surface area contributed by atoms with Crippen molar-refractivity contribution in [2.75, 3.05) is 21.3 Å². The monoisotopic (exact) mass is 429 g/mol. The minimum absolute atomic E-state index is 0.0528. The maximum atomic E-state index is 13.6. The van der Waals surface area contributed by atoms with Gasteiger partial charge in [-0.3, -0.25) is 4.79 Å². The topological polar surface area (TPSA) is 48.0 Å². The summed E-state index contributed by atoms with van der Waals surface area (Å²) < 4.78 is 16.3. The molecule has 4 rings (SSSR count). The van der Waals surface area contributed by atoms with E-state index in [1.807, 2.05) is 65.6 Å². The van der Waals surface area contributed by atoms with Crippen molar-refractivity contribution in [2.24, 2.45) is 0 Å². The lowest BCUT2D eigenvalue weighted by molar-refractivity contribution is 0.0792. The lowest BCUT2D eigenvalue weighted by Crippen LogP contribution is -2.31. The standard InChI is InChI=1S/C27H27NO4/c1-30-24-11-7-10-21(15-24)27(29)28(18-19-8-5-4-6-9-19)23-13-12-20-16-25(31-2)26(32-3)17-22(20)14-23/h4-11,14-17H,12-13,18H2,1-3H3. The van der Waals surface area contributed by atoms with Crippen LogP contribution in [-0.2, 0) is 13.0 Å². The third-order valence-electron chi connectivity index (χ3n) is 5.71. The fraction of sp³-hybridized carbons (Fsp3) is 0.222. The molecule has 0 aliphatic heterocycles. The molecule has 3 aromatic carbocycles. The van der Waals surface area contributed by atoms with E-state index in [9.17, 15) is 4.79 Å². The summed E-state index contributed by atoms with van der Waals surface area (Å²) >= 11 is 0. The van der Waals surface area contributed by atoms with Gasteiger partial charge in [0.25, 0.3) is 5.91 Å². The number of allylic oxidation sites excluding steroid dienone is 1. The number of carbonyl (C=O) groups is 1. The molecule has 5 nitrogen and oxygen atoms in total. The second kappa shape index (κ2) is 9.60. The third-order valence-corrected chi connectivity index (χ3v) is 5.71. The van der Waals surface area contributed by atoms with Crippen LogP contribution in [0.1, 0.15) is 33.5 Å². The number of hydrogen-bond donors (Lipinski definition) is 0. The summed E-state index contributed by atoms with van der Waals surface area (Å²) in [6.45, 7) is 0.491. The Kier molecular flexibility index (Phi) is 6.45. The second-order valence-corrected chi connectivity index (χ2v) is 7.65. The quantitative estimate of drug-likeness (QED) is 0.509. The molecule has 164 valence electrons. The van der Waals surface area contributed by atoms with Gasteiger partial charge in [0.15, 0.2) is 11.5 Å². The second-order valence-electron chi connectivity index (χ2n) is 7.65. The zero-order chi connectivity index (χ0) is 22.5. The van der Waals surface area contributed by atoms with E-state index in [0.717, 1.165) is 35.4 Å². The highest BCUT2D eigenvalue weighted by molar-refractivity contribution is 5.96. The summed E-state index contributed by atoms with van der Waals surface area (Å²) in [6, 6.07) is 21.3. The molecule has 0 aromatic heterocycles. The van der Waals surface area contributed by atoms with Crippen molar-refractivity contribution in [2.45, 2.75) is 19.4 Å². The number of amides is 1. The lowest BCUT2D eigenvalue weighted by atomic mass is 9.93. The van der Waals surface area contributed by atoms with E-state index in [4.69, 9.17) is 14.2 Å². The molecule has 0 atom stereocenters. The van der Waals surface area contributed by atoms with Gasteiger partial charge in [-0.2, -0.15) is 0 Å². The molecule has 5 heteroatoms. The number of methoxy groups -OCH3 is 3. The van der Waals surface area contributed by atoms with Crippen molar-refractivity contribution in [3.63, 3.8) is 0 Å². The molecule has 0 radical (unpaired) electrons. The molecule has 32 heavy (non-hydrogen) atoms. The summed E-state index contributed by atoms with van der Waals surface area (Å²) in [5.41, 5.74) is 4.86. The van der Waals surface area contributed by atoms with Gasteiger partial charge in [0.1, 0.15) is 5.75 Å². The summed E-state index contributed by atoms with van der Waals surface area (Å²) in [7, 11) is 4.88. The van der Waals surface area contributed by atoms with E-state index >= 15 is 0 Å². The molecular weight excluding hydrogens is 402 g/mol. The van der Waals surface area contributed by atoms with Crippen molar-refractivity contribution in [1.82, 2.24) is 4.90 Å². The largest absolute Gasteiger partial charge is 0.497 e. The van der Waals surface area contributed by atoms with Crippen LogP contribution >= 0.6 is 0 Å². The van der Waals surface area contributed by atoms with Crippen LogP contribution in [0.25, 0.3) is 6.08 Å². The van der Waals surface area contributed by atoms with E-state index < -0.39 is 0 Å². The predicted molar refractivity (Wildman–Crippen MR) is 125 cm³/mol. The number of carbonyl (C=O) groups excluding carboxylic acids is 1. The number of rotatable bonds is 7. The summed E-state index contributed by atoms with van der Waals surface area (Å²) in [6.07, 6.45) is 3.66. The molecule has 0 N–H and O–H groups in total. The van der Waals surface area contributed by atoms with Crippen LogP contribution in [0.4, 0.5) is 0 Å². The lowest BCUT2D eigenvalue weighted by Gasteiger charge is -2.29. The highest BCUT2D eigenvalue weighted by Gasteiger charge is 2.24. The molecular formula is C27H27NO4. The molecule has 1 amide bonds. The highest BCUT2D eigenvalue weighted by Crippen LogP contribution is 2.36. The van der Waals surface area contributed by atoms with Gasteiger partial charge in [0, 0.05) is 11.3 Å². The average molecular weight is 430 g/mol. The SMILES string of the molecule is COc1cccc(C(=O)N(Cc2ccccc2)C2=Cc3cc(OC)c(OC)cc3CC2)c1. The highest BCUT2D eigenvalue weighted by atomic mass is 16.5. The van der Waals surface area contributed by atoms with Gasteiger partial charge in [-0.15, -0.1) is 0 Å². The first-order chi connectivity index (χ1) is 15.6. The van der Waals surface area contributed by atoms with Crippen LogP contribution in [0.2, 0.25) is 0 Å².